The van der Waals surface area contributed by atoms with E-state index in [9.17, 15) is 9.18 Å². The van der Waals surface area contributed by atoms with Crippen molar-refractivity contribution >= 4 is 39.3 Å². The molecule has 0 aromatic heterocycles. The fourth-order valence-corrected chi connectivity index (χ4v) is 2.97. The Bertz CT molecular complexity index is 698. The summed E-state index contributed by atoms with van der Waals surface area (Å²) in [5, 5.41) is 8.76. The zero-order valence-corrected chi connectivity index (χ0v) is 14.6. The first kappa shape index (κ1) is 17.5. The summed E-state index contributed by atoms with van der Waals surface area (Å²) < 4.78 is 14.0. The van der Waals surface area contributed by atoms with Gasteiger partial charge in [-0.05, 0) is 48.5 Å². The van der Waals surface area contributed by atoms with Gasteiger partial charge in [-0.25, -0.2) is 4.39 Å². The van der Waals surface area contributed by atoms with Gasteiger partial charge in [0.05, 0.1) is 18.2 Å². The summed E-state index contributed by atoms with van der Waals surface area (Å²) in [5.41, 5.74) is 0.600. The molecule has 0 bridgehead atoms. The van der Waals surface area contributed by atoms with E-state index in [0.717, 1.165) is 9.37 Å². The highest BCUT2D eigenvalue weighted by Gasteiger charge is 2.16. The van der Waals surface area contributed by atoms with Crippen molar-refractivity contribution in [1.29, 1.82) is 5.26 Å². The normalized spacial score (nSPS) is 10.1. The zero-order chi connectivity index (χ0) is 16.7. The summed E-state index contributed by atoms with van der Waals surface area (Å²) in [6.45, 7) is 0.294. The minimum absolute atomic E-state index is 0.111. The summed E-state index contributed by atoms with van der Waals surface area (Å²) in [5.74, 6) is -0.213. The van der Waals surface area contributed by atoms with Crippen LogP contribution >= 0.6 is 27.7 Å². The Morgan fingerprint density at radius 2 is 1.83 bits per heavy atom. The van der Waals surface area contributed by atoms with Gasteiger partial charge in [0.2, 0.25) is 5.91 Å². The van der Waals surface area contributed by atoms with Crippen LogP contribution in [-0.2, 0) is 4.79 Å². The molecule has 0 unspecified atom stereocenters. The lowest BCUT2D eigenvalue weighted by Gasteiger charge is -2.21. The number of benzene rings is 2. The van der Waals surface area contributed by atoms with Gasteiger partial charge in [-0.2, -0.15) is 5.26 Å². The maximum atomic E-state index is 13.0. The second kappa shape index (κ2) is 8.70. The Labute approximate surface area is 147 Å². The monoisotopic (exact) mass is 392 g/mol. The number of carbonyl (C=O) groups is 1. The molecule has 2 aromatic carbocycles. The molecular formula is C17H14BrFN2OS. The molecule has 0 spiro atoms. The van der Waals surface area contributed by atoms with Crippen LogP contribution < -0.4 is 4.90 Å². The zero-order valence-electron chi connectivity index (χ0n) is 12.2. The summed E-state index contributed by atoms with van der Waals surface area (Å²) in [6.07, 6.45) is 0.228. The third kappa shape index (κ3) is 5.38. The van der Waals surface area contributed by atoms with Gasteiger partial charge in [0.25, 0.3) is 0 Å². The maximum Gasteiger partial charge on any atom is 0.237 e. The van der Waals surface area contributed by atoms with Crippen molar-refractivity contribution in [3.63, 3.8) is 0 Å². The molecule has 0 atom stereocenters. The number of carbonyl (C=O) groups excluding carboxylic acids is 1. The molecule has 23 heavy (non-hydrogen) atoms. The lowest BCUT2D eigenvalue weighted by atomic mass is 10.2. The number of hydrogen-bond acceptors (Lipinski definition) is 3. The van der Waals surface area contributed by atoms with Gasteiger partial charge < -0.3 is 4.90 Å². The van der Waals surface area contributed by atoms with Gasteiger partial charge >= 0.3 is 0 Å². The molecule has 1 amide bonds. The summed E-state index contributed by atoms with van der Waals surface area (Å²) in [4.78, 5) is 15.0. The third-order valence-corrected chi connectivity index (χ3v) is 4.59. The van der Waals surface area contributed by atoms with Crippen molar-refractivity contribution in [3.8, 4) is 6.07 Å². The van der Waals surface area contributed by atoms with E-state index in [2.05, 4.69) is 15.9 Å². The maximum absolute atomic E-state index is 13.0. The topological polar surface area (TPSA) is 44.1 Å². The predicted molar refractivity (Wildman–Crippen MR) is 93.8 cm³/mol. The van der Waals surface area contributed by atoms with E-state index in [0.29, 0.717) is 12.2 Å². The fraction of sp³-hybridized carbons (Fsp3) is 0.176. The van der Waals surface area contributed by atoms with E-state index < -0.39 is 0 Å². The van der Waals surface area contributed by atoms with Gasteiger partial charge in [-0.1, -0.05) is 15.9 Å². The minimum Gasteiger partial charge on any atom is -0.311 e. The highest BCUT2D eigenvalue weighted by Crippen LogP contribution is 2.23. The van der Waals surface area contributed by atoms with Crippen LogP contribution in [-0.4, -0.2) is 18.2 Å². The van der Waals surface area contributed by atoms with Crippen LogP contribution in [0.25, 0.3) is 0 Å². The van der Waals surface area contributed by atoms with Crippen LogP contribution in [0, 0.1) is 17.1 Å². The van der Waals surface area contributed by atoms with Crippen molar-refractivity contribution in [2.75, 3.05) is 17.2 Å². The largest absolute Gasteiger partial charge is 0.311 e. The number of anilines is 1. The summed E-state index contributed by atoms with van der Waals surface area (Å²) in [7, 11) is 0. The van der Waals surface area contributed by atoms with Gasteiger partial charge in [-0.3, -0.25) is 4.79 Å². The molecule has 6 heteroatoms. The molecule has 0 saturated carbocycles. The van der Waals surface area contributed by atoms with Crippen molar-refractivity contribution in [2.24, 2.45) is 0 Å². The number of hydrogen-bond donors (Lipinski definition) is 0. The Kier molecular flexibility index (Phi) is 6.63. The molecular weight excluding hydrogens is 379 g/mol. The van der Waals surface area contributed by atoms with Gasteiger partial charge in [0, 0.05) is 21.6 Å². The molecule has 2 aromatic rings. The summed E-state index contributed by atoms with van der Waals surface area (Å²) in [6, 6.07) is 15.4. The smallest absolute Gasteiger partial charge is 0.237 e. The van der Waals surface area contributed by atoms with Crippen LogP contribution in [0.5, 0.6) is 0 Å². The van der Waals surface area contributed by atoms with Crippen LogP contribution in [0.2, 0.25) is 0 Å². The average Bonchev–Trinajstić information content (AvgIpc) is 2.56. The standard InChI is InChI=1S/C17H14BrFN2OS/c18-13-2-8-16(9-3-13)23-12-17(22)21(11-1-10-20)15-6-4-14(19)5-7-15/h2-9H,1,11-12H2. The first-order chi connectivity index (χ1) is 11.1. The first-order valence-corrected chi connectivity index (χ1v) is 8.69. The van der Waals surface area contributed by atoms with Crippen LogP contribution in [0.3, 0.4) is 0 Å². The van der Waals surface area contributed by atoms with Crippen LogP contribution in [0.1, 0.15) is 6.42 Å². The number of nitriles is 1. The molecule has 2 rings (SSSR count). The molecule has 0 radical (unpaired) electrons. The quantitative estimate of drug-likeness (QED) is 0.673. The Morgan fingerprint density at radius 3 is 2.43 bits per heavy atom. The summed E-state index contributed by atoms with van der Waals surface area (Å²) >= 11 is 4.80. The number of halogens is 2. The average molecular weight is 393 g/mol. The Balaban J connectivity index is 2.05. The molecule has 0 aliphatic heterocycles. The van der Waals surface area contributed by atoms with E-state index in [1.54, 1.807) is 12.1 Å². The lowest BCUT2D eigenvalue weighted by molar-refractivity contribution is -0.116. The van der Waals surface area contributed by atoms with Gasteiger partial charge in [0.1, 0.15) is 5.82 Å². The van der Waals surface area contributed by atoms with E-state index in [1.807, 2.05) is 30.3 Å². The van der Waals surface area contributed by atoms with E-state index in [1.165, 1.54) is 28.8 Å². The molecule has 118 valence electrons. The van der Waals surface area contributed by atoms with Crippen molar-refractivity contribution < 1.29 is 9.18 Å². The van der Waals surface area contributed by atoms with E-state index >= 15 is 0 Å². The van der Waals surface area contributed by atoms with E-state index in [4.69, 9.17) is 5.26 Å². The fourth-order valence-electron chi connectivity index (χ4n) is 1.93. The molecule has 0 heterocycles. The van der Waals surface area contributed by atoms with Crippen LogP contribution in [0.15, 0.2) is 57.9 Å². The molecule has 0 aliphatic carbocycles. The van der Waals surface area contributed by atoms with Crippen molar-refractivity contribution in [1.82, 2.24) is 0 Å². The molecule has 0 saturated heterocycles. The van der Waals surface area contributed by atoms with Crippen LogP contribution in [0.4, 0.5) is 10.1 Å². The SMILES string of the molecule is N#CCCN(C(=O)CSc1ccc(Br)cc1)c1ccc(F)cc1. The number of nitrogens with zero attached hydrogens (tertiary/aromatic N) is 2. The highest BCUT2D eigenvalue weighted by molar-refractivity contribution is 9.10. The minimum atomic E-state index is -0.356. The molecule has 3 nitrogen and oxygen atoms in total. The lowest BCUT2D eigenvalue weighted by Crippen LogP contribution is -2.33. The second-order valence-corrected chi connectivity index (χ2v) is 6.64. The molecule has 0 N–H and O–H groups in total. The first-order valence-electron chi connectivity index (χ1n) is 6.91. The molecule has 0 fully saturated rings. The van der Waals surface area contributed by atoms with Gasteiger partial charge in [-0.15, -0.1) is 11.8 Å². The van der Waals surface area contributed by atoms with Crippen molar-refractivity contribution in [3.05, 3.63) is 58.8 Å². The Morgan fingerprint density at radius 1 is 1.17 bits per heavy atom. The predicted octanol–water partition coefficient (Wildman–Crippen LogP) is 4.63. The van der Waals surface area contributed by atoms with Crippen molar-refractivity contribution in [2.45, 2.75) is 11.3 Å². The van der Waals surface area contributed by atoms with Gasteiger partial charge in [0.15, 0.2) is 0 Å². The van der Waals surface area contributed by atoms with E-state index in [-0.39, 0.29) is 23.9 Å². The number of rotatable bonds is 6. The molecule has 0 aliphatic rings. The Hall–Kier alpha value is -1.84. The second-order valence-electron chi connectivity index (χ2n) is 4.67. The number of thioether (sulfide) groups is 1. The third-order valence-electron chi connectivity index (χ3n) is 3.06. The number of amides is 1. The highest BCUT2D eigenvalue weighted by atomic mass is 79.9.